The first-order chi connectivity index (χ1) is 8.21. The highest BCUT2D eigenvalue weighted by Crippen LogP contribution is 2.22. The molecule has 0 heterocycles. The van der Waals surface area contributed by atoms with Crippen LogP contribution in [0.5, 0.6) is 5.75 Å². The molecule has 17 heavy (non-hydrogen) atoms. The topological polar surface area (TPSA) is 47.6 Å². The summed E-state index contributed by atoms with van der Waals surface area (Å²) in [5.74, 6) is 0.633. The van der Waals surface area contributed by atoms with Crippen molar-refractivity contribution < 1.29 is 14.3 Å². The highest BCUT2D eigenvalue weighted by Gasteiger charge is 2.12. The first-order valence-corrected chi connectivity index (χ1v) is 5.59. The molecule has 0 aliphatic rings. The fourth-order valence-corrected chi connectivity index (χ4v) is 1.70. The van der Waals surface area contributed by atoms with Gasteiger partial charge in [0.15, 0.2) is 0 Å². The van der Waals surface area contributed by atoms with Crippen LogP contribution in [0.1, 0.15) is 24.4 Å². The molecule has 0 spiro atoms. The third-order valence-corrected chi connectivity index (χ3v) is 2.71. The minimum atomic E-state index is -0.187. The van der Waals surface area contributed by atoms with Gasteiger partial charge in [-0.05, 0) is 31.2 Å². The summed E-state index contributed by atoms with van der Waals surface area (Å²) in [5, 5.41) is 3.19. The molecule has 1 aromatic carbocycles. The van der Waals surface area contributed by atoms with Crippen molar-refractivity contribution in [2.45, 2.75) is 18.9 Å². The second kappa shape index (κ2) is 6.91. The van der Waals surface area contributed by atoms with Gasteiger partial charge >= 0.3 is 5.97 Å². The van der Waals surface area contributed by atoms with Crippen LogP contribution in [0.25, 0.3) is 0 Å². The molecule has 1 rings (SSSR count). The summed E-state index contributed by atoms with van der Waals surface area (Å²) < 4.78 is 9.81. The van der Waals surface area contributed by atoms with Crippen molar-refractivity contribution in [3.05, 3.63) is 29.8 Å². The van der Waals surface area contributed by atoms with Crippen LogP contribution < -0.4 is 10.1 Å². The third kappa shape index (κ3) is 4.07. The number of hydrogen-bond acceptors (Lipinski definition) is 4. The van der Waals surface area contributed by atoms with Gasteiger partial charge < -0.3 is 14.8 Å². The number of rotatable bonds is 6. The van der Waals surface area contributed by atoms with E-state index in [0.29, 0.717) is 12.8 Å². The molecule has 1 N–H and O–H groups in total. The van der Waals surface area contributed by atoms with E-state index in [1.165, 1.54) is 7.11 Å². The third-order valence-electron chi connectivity index (χ3n) is 2.71. The lowest BCUT2D eigenvalue weighted by Gasteiger charge is -2.16. The Morgan fingerprint density at radius 2 is 2.18 bits per heavy atom. The Balaban J connectivity index is 2.68. The van der Waals surface area contributed by atoms with E-state index in [9.17, 15) is 4.79 Å². The molecule has 1 atom stereocenters. The zero-order valence-corrected chi connectivity index (χ0v) is 10.5. The fraction of sp³-hybridized carbons (Fsp3) is 0.462. The van der Waals surface area contributed by atoms with Crippen LogP contribution in [-0.2, 0) is 9.53 Å². The number of hydrogen-bond donors (Lipinski definition) is 1. The minimum Gasteiger partial charge on any atom is -0.497 e. The van der Waals surface area contributed by atoms with Crippen LogP contribution >= 0.6 is 0 Å². The van der Waals surface area contributed by atoms with Crippen molar-refractivity contribution in [3.63, 3.8) is 0 Å². The Kier molecular flexibility index (Phi) is 5.49. The molecule has 0 aromatic heterocycles. The van der Waals surface area contributed by atoms with E-state index in [2.05, 4.69) is 10.1 Å². The van der Waals surface area contributed by atoms with Gasteiger partial charge in [0.2, 0.25) is 0 Å². The molecule has 0 amide bonds. The van der Waals surface area contributed by atoms with Gasteiger partial charge in [-0.3, -0.25) is 4.79 Å². The van der Waals surface area contributed by atoms with E-state index in [1.54, 1.807) is 7.11 Å². The van der Waals surface area contributed by atoms with Crippen molar-refractivity contribution in [3.8, 4) is 5.75 Å². The van der Waals surface area contributed by atoms with Crippen LogP contribution in [-0.4, -0.2) is 27.2 Å². The highest BCUT2D eigenvalue weighted by atomic mass is 16.5. The van der Waals surface area contributed by atoms with Gasteiger partial charge in [-0.1, -0.05) is 12.1 Å². The summed E-state index contributed by atoms with van der Waals surface area (Å²) >= 11 is 0. The zero-order chi connectivity index (χ0) is 12.7. The molecule has 4 nitrogen and oxygen atoms in total. The lowest BCUT2D eigenvalue weighted by atomic mass is 10.0. The molecule has 4 heteroatoms. The second-order valence-electron chi connectivity index (χ2n) is 3.73. The summed E-state index contributed by atoms with van der Waals surface area (Å²) in [4.78, 5) is 11.1. The number of esters is 1. The number of benzene rings is 1. The molecule has 0 fully saturated rings. The van der Waals surface area contributed by atoms with Crippen LogP contribution in [0.3, 0.4) is 0 Å². The number of carbonyl (C=O) groups is 1. The van der Waals surface area contributed by atoms with Crippen molar-refractivity contribution in [1.82, 2.24) is 5.32 Å². The smallest absolute Gasteiger partial charge is 0.305 e. The molecule has 1 unspecified atom stereocenters. The second-order valence-corrected chi connectivity index (χ2v) is 3.73. The lowest BCUT2D eigenvalue weighted by Crippen LogP contribution is -2.18. The Bertz CT molecular complexity index is 365. The average Bonchev–Trinajstić information content (AvgIpc) is 2.39. The van der Waals surface area contributed by atoms with Crippen LogP contribution in [0.4, 0.5) is 0 Å². The van der Waals surface area contributed by atoms with Gasteiger partial charge in [0, 0.05) is 12.5 Å². The summed E-state index contributed by atoms with van der Waals surface area (Å²) in [5.41, 5.74) is 1.11. The predicted octanol–water partition coefficient (Wildman–Crippen LogP) is 1.91. The Morgan fingerprint density at radius 1 is 1.41 bits per heavy atom. The molecule has 0 bridgehead atoms. The summed E-state index contributed by atoms with van der Waals surface area (Å²) in [6.45, 7) is 0. The van der Waals surface area contributed by atoms with E-state index in [1.807, 2.05) is 31.3 Å². The molecule has 0 aliphatic heterocycles. The Labute approximate surface area is 102 Å². The molecule has 0 aliphatic carbocycles. The zero-order valence-electron chi connectivity index (χ0n) is 10.5. The largest absolute Gasteiger partial charge is 0.497 e. The molecule has 0 saturated heterocycles. The van der Waals surface area contributed by atoms with Gasteiger partial charge in [0.1, 0.15) is 5.75 Å². The monoisotopic (exact) mass is 237 g/mol. The molecule has 94 valence electrons. The Morgan fingerprint density at radius 3 is 2.76 bits per heavy atom. The van der Waals surface area contributed by atoms with Crippen molar-refractivity contribution >= 4 is 5.97 Å². The van der Waals surface area contributed by atoms with Gasteiger partial charge in [0.25, 0.3) is 0 Å². The summed E-state index contributed by atoms with van der Waals surface area (Å²) in [6, 6.07) is 7.95. The molecular formula is C13H19NO3. The van der Waals surface area contributed by atoms with E-state index in [4.69, 9.17) is 4.74 Å². The average molecular weight is 237 g/mol. The van der Waals surface area contributed by atoms with E-state index < -0.39 is 0 Å². The molecule has 0 radical (unpaired) electrons. The maximum atomic E-state index is 11.1. The number of nitrogens with one attached hydrogen (secondary N) is 1. The number of carbonyl (C=O) groups excluding carboxylic acids is 1. The number of ether oxygens (including phenoxy) is 2. The van der Waals surface area contributed by atoms with E-state index in [0.717, 1.165) is 11.3 Å². The standard InChI is InChI=1S/C13H19NO3/c1-14-12(7-8-13(15)17-3)10-5-4-6-11(9-10)16-2/h4-6,9,12,14H,7-8H2,1-3H3. The van der Waals surface area contributed by atoms with E-state index in [-0.39, 0.29) is 12.0 Å². The van der Waals surface area contributed by atoms with Crippen LogP contribution in [0.2, 0.25) is 0 Å². The quantitative estimate of drug-likeness (QED) is 0.768. The molecule has 0 saturated carbocycles. The van der Waals surface area contributed by atoms with Gasteiger partial charge in [-0.15, -0.1) is 0 Å². The first kappa shape index (κ1) is 13.5. The highest BCUT2D eigenvalue weighted by molar-refractivity contribution is 5.69. The molecule has 1 aromatic rings. The fourth-order valence-electron chi connectivity index (χ4n) is 1.70. The summed E-state index contributed by atoms with van der Waals surface area (Å²) in [7, 11) is 4.92. The van der Waals surface area contributed by atoms with Crippen molar-refractivity contribution in [2.24, 2.45) is 0 Å². The van der Waals surface area contributed by atoms with Gasteiger partial charge in [0.05, 0.1) is 14.2 Å². The van der Waals surface area contributed by atoms with Gasteiger partial charge in [-0.2, -0.15) is 0 Å². The van der Waals surface area contributed by atoms with Gasteiger partial charge in [-0.25, -0.2) is 0 Å². The maximum Gasteiger partial charge on any atom is 0.305 e. The first-order valence-electron chi connectivity index (χ1n) is 5.59. The normalized spacial score (nSPS) is 11.9. The Hall–Kier alpha value is -1.55. The predicted molar refractivity (Wildman–Crippen MR) is 66.0 cm³/mol. The van der Waals surface area contributed by atoms with Crippen molar-refractivity contribution in [1.29, 1.82) is 0 Å². The SMILES string of the molecule is CNC(CCC(=O)OC)c1cccc(OC)c1. The van der Waals surface area contributed by atoms with Crippen LogP contribution in [0.15, 0.2) is 24.3 Å². The summed E-state index contributed by atoms with van der Waals surface area (Å²) in [6.07, 6.45) is 1.11. The van der Waals surface area contributed by atoms with E-state index >= 15 is 0 Å². The van der Waals surface area contributed by atoms with Crippen LogP contribution in [0, 0.1) is 0 Å². The minimum absolute atomic E-state index is 0.129. The number of methoxy groups -OCH3 is 2. The maximum absolute atomic E-state index is 11.1. The lowest BCUT2D eigenvalue weighted by molar-refractivity contribution is -0.140. The molecular weight excluding hydrogens is 218 g/mol. The van der Waals surface area contributed by atoms with Crippen molar-refractivity contribution in [2.75, 3.05) is 21.3 Å².